The molecule has 7 nitrogen and oxygen atoms in total. The lowest BCUT2D eigenvalue weighted by Gasteiger charge is -2.29. The molecule has 0 N–H and O–H groups in total. The molecule has 0 saturated heterocycles. The highest BCUT2D eigenvalue weighted by molar-refractivity contribution is 5.69. The highest BCUT2D eigenvalue weighted by atomic mass is 19.4. The highest BCUT2D eigenvalue weighted by Gasteiger charge is 2.38. The number of rotatable bonds is 18. The molecule has 0 unspecified atom stereocenters. The van der Waals surface area contributed by atoms with Crippen molar-refractivity contribution in [2.45, 2.75) is 153 Å². The van der Waals surface area contributed by atoms with Crippen molar-refractivity contribution in [3.63, 3.8) is 0 Å². The van der Waals surface area contributed by atoms with Crippen LogP contribution in [0.25, 0.3) is 0 Å². The molecular formula is C41H51F7O7. The van der Waals surface area contributed by atoms with Gasteiger partial charge in [0.1, 0.15) is 41.0 Å². The number of unbranched alkanes of at least 4 members (excludes halogenated alkanes) is 6. The molecule has 0 radical (unpaired) electrons. The number of hydrogen-bond donors (Lipinski definition) is 0. The monoisotopic (exact) mass is 788 g/mol. The number of carbonyl (C=O) groups is 3. The van der Waals surface area contributed by atoms with Crippen molar-refractivity contribution in [3.8, 4) is 0 Å². The van der Waals surface area contributed by atoms with Gasteiger partial charge in [-0.05, 0) is 131 Å². The van der Waals surface area contributed by atoms with E-state index in [1.54, 1.807) is 0 Å². The van der Waals surface area contributed by atoms with Gasteiger partial charge in [-0.2, -0.15) is 13.2 Å². The van der Waals surface area contributed by atoms with Crippen LogP contribution in [0.5, 0.6) is 0 Å². The maximum atomic E-state index is 14.0. The summed E-state index contributed by atoms with van der Waals surface area (Å²) >= 11 is 0. The first-order valence-corrected chi connectivity index (χ1v) is 19.4. The van der Waals surface area contributed by atoms with Gasteiger partial charge in [-0.1, -0.05) is 25.7 Å². The second-order valence-electron chi connectivity index (χ2n) is 14.7. The number of ether oxygens (including phenoxy) is 4. The van der Waals surface area contributed by atoms with Crippen LogP contribution in [-0.2, 0) is 34.7 Å². The second kappa shape index (κ2) is 21.5. The largest absolute Gasteiger partial charge is 0.508 e. The van der Waals surface area contributed by atoms with Crippen LogP contribution < -0.4 is 0 Å². The third-order valence-electron chi connectivity index (χ3n) is 10.5. The molecule has 0 aromatic heterocycles. The lowest BCUT2D eigenvalue weighted by Crippen LogP contribution is -2.24. The van der Waals surface area contributed by atoms with E-state index in [-0.39, 0.29) is 66.7 Å². The average Bonchev–Trinajstić information content (AvgIpc) is 3.12. The number of carbonyl (C=O) groups excluding carboxylic acids is 3. The van der Waals surface area contributed by atoms with Crippen LogP contribution in [0.2, 0.25) is 0 Å². The van der Waals surface area contributed by atoms with Crippen LogP contribution in [0.4, 0.5) is 35.5 Å². The maximum Gasteiger partial charge on any atom is 0.508 e. The molecule has 2 saturated carbocycles. The Balaban J connectivity index is 0.930. The molecule has 306 valence electrons. The fraction of sp³-hybridized carbons (Fsp3) is 0.634. The van der Waals surface area contributed by atoms with Crippen molar-refractivity contribution in [2.75, 3.05) is 13.2 Å². The molecule has 4 rings (SSSR count). The molecule has 2 aliphatic rings. The molecule has 55 heavy (non-hydrogen) atoms. The smallest absolute Gasteiger partial charge is 0.462 e. The summed E-state index contributed by atoms with van der Waals surface area (Å²) in [6.45, 7) is 1.80. The van der Waals surface area contributed by atoms with E-state index in [4.69, 9.17) is 18.9 Å². The van der Waals surface area contributed by atoms with Crippen LogP contribution in [-0.4, -0.2) is 43.5 Å². The fourth-order valence-corrected chi connectivity index (χ4v) is 7.32. The van der Waals surface area contributed by atoms with Gasteiger partial charge in [0.2, 0.25) is 0 Å². The summed E-state index contributed by atoms with van der Waals surface area (Å²) in [6.07, 6.45) is 4.03. The minimum absolute atomic E-state index is 0.0185. The van der Waals surface area contributed by atoms with Crippen LogP contribution in [0.1, 0.15) is 150 Å². The normalized spacial score (nSPS) is 20.1. The molecule has 0 amide bonds. The summed E-state index contributed by atoms with van der Waals surface area (Å²) in [7, 11) is 0. The molecule has 0 bridgehead atoms. The lowest BCUT2D eigenvalue weighted by molar-refractivity contribution is -0.151. The predicted octanol–water partition coefficient (Wildman–Crippen LogP) is 11.5. The zero-order chi connectivity index (χ0) is 40.0. The van der Waals surface area contributed by atoms with Gasteiger partial charge in [-0.3, -0.25) is 9.59 Å². The van der Waals surface area contributed by atoms with E-state index in [2.05, 4.69) is 0 Å². The Hall–Kier alpha value is -3.84. The molecule has 0 aliphatic heterocycles. The van der Waals surface area contributed by atoms with E-state index in [0.717, 1.165) is 37.8 Å². The Kier molecular flexibility index (Phi) is 17.1. The van der Waals surface area contributed by atoms with Gasteiger partial charge >= 0.3 is 24.3 Å². The summed E-state index contributed by atoms with van der Waals surface area (Å²) in [5, 5.41) is 0. The number of halogens is 7. The second-order valence-corrected chi connectivity index (χ2v) is 14.7. The molecule has 2 aromatic carbocycles. The van der Waals surface area contributed by atoms with Gasteiger partial charge in [-0.15, -0.1) is 0 Å². The summed E-state index contributed by atoms with van der Waals surface area (Å²) in [5.74, 6) is -5.23. The molecule has 14 heteroatoms. The van der Waals surface area contributed by atoms with E-state index in [1.807, 2.05) is 0 Å². The van der Waals surface area contributed by atoms with Crippen molar-refractivity contribution in [3.05, 3.63) is 69.8 Å². The quantitative estimate of drug-likeness (QED) is 0.0643. The van der Waals surface area contributed by atoms with Crippen molar-refractivity contribution in [1.82, 2.24) is 0 Å². The Bertz CT molecular complexity index is 1520. The van der Waals surface area contributed by atoms with Crippen molar-refractivity contribution in [1.29, 1.82) is 0 Å². The third-order valence-corrected chi connectivity index (χ3v) is 10.5. The first-order valence-electron chi connectivity index (χ1n) is 19.4. The Labute approximate surface area is 317 Å². The highest BCUT2D eigenvalue weighted by Crippen LogP contribution is 2.39. The Morgan fingerprint density at radius 2 is 0.927 bits per heavy atom. The molecule has 2 aromatic rings. The first kappa shape index (κ1) is 43.9. The third kappa shape index (κ3) is 14.3. The molecule has 2 aliphatic carbocycles. The first-order chi connectivity index (χ1) is 26.2. The predicted molar refractivity (Wildman–Crippen MR) is 188 cm³/mol. The Morgan fingerprint density at radius 3 is 1.31 bits per heavy atom. The van der Waals surface area contributed by atoms with Gasteiger partial charge in [-0.25, -0.2) is 22.4 Å². The number of esters is 2. The van der Waals surface area contributed by atoms with Crippen molar-refractivity contribution < 1.29 is 64.1 Å². The minimum Gasteiger partial charge on any atom is -0.462 e. The summed E-state index contributed by atoms with van der Waals surface area (Å²) < 4.78 is 116. The van der Waals surface area contributed by atoms with Crippen molar-refractivity contribution in [2.24, 2.45) is 0 Å². The van der Waals surface area contributed by atoms with Crippen LogP contribution >= 0.6 is 0 Å². The zero-order valence-corrected chi connectivity index (χ0v) is 31.3. The van der Waals surface area contributed by atoms with Crippen LogP contribution in [0.3, 0.4) is 0 Å². The van der Waals surface area contributed by atoms with Gasteiger partial charge in [0.25, 0.3) is 0 Å². The zero-order valence-electron chi connectivity index (χ0n) is 31.3. The van der Waals surface area contributed by atoms with E-state index >= 15 is 0 Å². The average molecular weight is 789 g/mol. The van der Waals surface area contributed by atoms with Gasteiger partial charge in [0.15, 0.2) is 0 Å². The van der Waals surface area contributed by atoms with Crippen molar-refractivity contribution >= 4 is 18.1 Å². The SMILES string of the molecule is Cc1c(F)cc(C2CCC(OC(=O)CCCCCCOC(=O)OCCCCCCC(=O)OC3CCC(c4cc(F)c(C(F)(F)F)c(F)c4)CC3)CC2)cc1F. The van der Waals surface area contributed by atoms with E-state index in [9.17, 15) is 45.1 Å². The molecule has 0 heterocycles. The fourth-order valence-electron chi connectivity index (χ4n) is 7.32. The number of hydrogen-bond acceptors (Lipinski definition) is 7. The molecule has 2 fully saturated rings. The lowest BCUT2D eigenvalue weighted by atomic mass is 9.82. The topological polar surface area (TPSA) is 88.1 Å². The molecule has 0 atom stereocenters. The van der Waals surface area contributed by atoms with Gasteiger partial charge in [0, 0.05) is 18.4 Å². The van der Waals surface area contributed by atoms with Crippen LogP contribution in [0.15, 0.2) is 24.3 Å². The molecular weight excluding hydrogens is 737 g/mol. The summed E-state index contributed by atoms with van der Waals surface area (Å²) in [5.41, 5.74) is -1.05. The Morgan fingerprint density at radius 1 is 0.564 bits per heavy atom. The number of benzene rings is 2. The van der Waals surface area contributed by atoms with E-state index in [0.29, 0.717) is 89.0 Å². The van der Waals surface area contributed by atoms with E-state index < -0.39 is 41.2 Å². The van der Waals surface area contributed by atoms with E-state index in [1.165, 1.54) is 19.1 Å². The summed E-state index contributed by atoms with van der Waals surface area (Å²) in [4.78, 5) is 36.4. The maximum absolute atomic E-state index is 14.0. The molecule has 0 spiro atoms. The number of alkyl halides is 3. The van der Waals surface area contributed by atoms with Gasteiger partial charge < -0.3 is 18.9 Å². The van der Waals surface area contributed by atoms with Gasteiger partial charge in [0.05, 0.1) is 13.2 Å². The van der Waals surface area contributed by atoms with Crippen LogP contribution in [0, 0.1) is 30.2 Å². The minimum atomic E-state index is -5.11. The summed E-state index contributed by atoms with van der Waals surface area (Å²) in [6, 6.07) is 4.28. The standard InChI is InChI=1S/C41H51F7O7/c1-26-33(42)22-29(23-34(26)43)27-12-16-31(17-13-27)54-37(49)10-6-2-4-8-20-52-40(51)53-21-9-5-3-7-11-38(50)55-32-18-14-28(15-19-32)30-24-35(44)39(36(45)25-30)41(46,47)48/h22-25,27-28,31-32H,2-21H2,1H3.